The van der Waals surface area contributed by atoms with Crippen molar-refractivity contribution in [3.05, 3.63) is 59.8 Å². The number of nitrogens with one attached hydrogen (secondary N) is 1. The van der Waals surface area contributed by atoms with Crippen LogP contribution in [0.1, 0.15) is 37.9 Å². The molecule has 0 aliphatic heterocycles. The second-order valence-electron chi connectivity index (χ2n) is 6.83. The molecule has 26 heavy (non-hydrogen) atoms. The maximum absolute atomic E-state index is 12.3. The number of carbonyl (C=O) groups excluding carboxylic acids is 1. The van der Waals surface area contributed by atoms with Crippen molar-refractivity contribution in [2.75, 3.05) is 5.75 Å². The van der Waals surface area contributed by atoms with Gasteiger partial charge in [-0.2, -0.15) is 0 Å². The molecule has 0 saturated heterocycles. The van der Waals surface area contributed by atoms with E-state index in [0.717, 1.165) is 22.8 Å². The van der Waals surface area contributed by atoms with Gasteiger partial charge in [0.2, 0.25) is 5.91 Å². The highest BCUT2D eigenvalue weighted by atomic mass is 32.2. The Bertz CT molecular complexity index is 873. The number of rotatable bonds is 7. The Kier molecular flexibility index (Phi) is 5.93. The molecule has 0 aliphatic carbocycles. The molecule has 0 spiro atoms. The van der Waals surface area contributed by atoms with Crippen molar-refractivity contribution >= 4 is 23.3 Å². The van der Waals surface area contributed by atoms with Crippen LogP contribution < -0.4 is 5.32 Å². The number of pyridine rings is 1. The average Bonchev–Trinajstić information content (AvgIpc) is 3.03. The van der Waals surface area contributed by atoms with Gasteiger partial charge in [0.15, 0.2) is 10.8 Å². The fourth-order valence-corrected chi connectivity index (χ4v) is 3.56. The van der Waals surface area contributed by atoms with Gasteiger partial charge in [-0.3, -0.25) is 9.20 Å². The minimum Gasteiger partial charge on any atom is -0.349 e. The third kappa shape index (κ3) is 4.64. The van der Waals surface area contributed by atoms with Gasteiger partial charge >= 0.3 is 0 Å². The van der Waals surface area contributed by atoms with Gasteiger partial charge in [-0.15, -0.1) is 10.2 Å². The molecule has 2 heterocycles. The van der Waals surface area contributed by atoms with E-state index in [1.54, 1.807) is 0 Å². The fourth-order valence-electron chi connectivity index (χ4n) is 2.83. The first-order valence-electron chi connectivity index (χ1n) is 8.83. The third-order valence-electron chi connectivity index (χ3n) is 4.12. The first kappa shape index (κ1) is 18.5. The summed E-state index contributed by atoms with van der Waals surface area (Å²) < 4.78 is 1.88. The van der Waals surface area contributed by atoms with E-state index in [-0.39, 0.29) is 11.9 Å². The summed E-state index contributed by atoms with van der Waals surface area (Å²) >= 11 is 1.39. The molecule has 0 saturated carbocycles. The summed E-state index contributed by atoms with van der Waals surface area (Å²) in [5.74, 6) is 0.940. The molecule has 6 heteroatoms. The molecular formula is C20H24N4OS. The highest BCUT2D eigenvalue weighted by Gasteiger charge is 2.12. The van der Waals surface area contributed by atoms with E-state index in [1.807, 2.05) is 35.7 Å². The molecule has 1 aromatic carbocycles. The van der Waals surface area contributed by atoms with Crippen molar-refractivity contribution in [3.8, 4) is 0 Å². The molecule has 0 radical (unpaired) electrons. The zero-order valence-electron chi connectivity index (χ0n) is 15.3. The standard InChI is InChI=1S/C20H24N4OS/c1-14(2)12-16-7-9-17(10-8-16)15(3)21-19(25)13-26-20-23-22-18-6-4-5-11-24(18)20/h4-11,14-15H,12-13H2,1-3H3,(H,21,25)/t15-/m1/s1. The van der Waals surface area contributed by atoms with E-state index in [9.17, 15) is 4.79 Å². The molecule has 3 rings (SSSR count). The lowest BCUT2D eigenvalue weighted by Gasteiger charge is -2.15. The van der Waals surface area contributed by atoms with Crippen molar-refractivity contribution in [2.24, 2.45) is 5.92 Å². The van der Waals surface area contributed by atoms with Gasteiger partial charge < -0.3 is 5.32 Å². The van der Waals surface area contributed by atoms with Crippen LogP contribution in [0.25, 0.3) is 5.65 Å². The molecule has 5 nitrogen and oxygen atoms in total. The minimum atomic E-state index is -0.0219. The SMILES string of the molecule is CC(C)Cc1ccc([C@@H](C)NC(=O)CSc2nnc3ccccn23)cc1. The Balaban J connectivity index is 1.54. The molecule has 3 aromatic rings. The smallest absolute Gasteiger partial charge is 0.230 e. The van der Waals surface area contributed by atoms with E-state index < -0.39 is 0 Å². The summed E-state index contributed by atoms with van der Waals surface area (Å²) in [5, 5.41) is 12.0. The van der Waals surface area contributed by atoms with Gasteiger partial charge in [0.1, 0.15) is 0 Å². The van der Waals surface area contributed by atoms with E-state index in [4.69, 9.17) is 0 Å². The van der Waals surface area contributed by atoms with Crippen LogP contribution in [0.5, 0.6) is 0 Å². The van der Waals surface area contributed by atoms with Crippen molar-refractivity contribution in [1.29, 1.82) is 0 Å². The lowest BCUT2D eigenvalue weighted by atomic mass is 10.00. The molecule has 136 valence electrons. The summed E-state index contributed by atoms with van der Waals surface area (Å²) in [6.45, 7) is 6.44. The summed E-state index contributed by atoms with van der Waals surface area (Å²) in [4.78, 5) is 12.3. The van der Waals surface area contributed by atoms with Gasteiger partial charge in [0.25, 0.3) is 0 Å². The number of aromatic nitrogens is 3. The Hall–Kier alpha value is -2.34. The monoisotopic (exact) mass is 368 g/mol. The number of benzene rings is 1. The van der Waals surface area contributed by atoms with Crippen LogP contribution in [0.3, 0.4) is 0 Å². The molecule has 0 unspecified atom stereocenters. The second-order valence-corrected chi connectivity index (χ2v) is 7.77. The number of thioether (sulfide) groups is 1. The molecule has 1 N–H and O–H groups in total. The maximum atomic E-state index is 12.3. The topological polar surface area (TPSA) is 59.3 Å². The maximum Gasteiger partial charge on any atom is 0.230 e. The van der Waals surface area contributed by atoms with Gasteiger partial charge in [0.05, 0.1) is 11.8 Å². The molecule has 2 aromatic heterocycles. The van der Waals surface area contributed by atoms with Crippen LogP contribution in [-0.4, -0.2) is 26.3 Å². The summed E-state index contributed by atoms with van der Waals surface area (Å²) in [7, 11) is 0. The normalized spacial score (nSPS) is 12.5. The van der Waals surface area contributed by atoms with Gasteiger partial charge in [-0.05, 0) is 42.5 Å². The molecular weight excluding hydrogens is 344 g/mol. The fraction of sp³-hybridized carbons (Fsp3) is 0.350. The van der Waals surface area contributed by atoms with Crippen LogP contribution in [0.2, 0.25) is 0 Å². The Labute approximate surface area is 158 Å². The van der Waals surface area contributed by atoms with Crippen molar-refractivity contribution < 1.29 is 4.79 Å². The zero-order chi connectivity index (χ0) is 18.5. The van der Waals surface area contributed by atoms with E-state index in [0.29, 0.717) is 11.7 Å². The largest absolute Gasteiger partial charge is 0.349 e. The van der Waals surface area contributed by atoms with E-state index >= 15 is 0 Å². The van der Waals surface area contributed by atoms with Crippen molar-refractivity contribution in [2.45, 2.75) is 38.4 Å². The highest BCUT2D eigenvalue weighted by molar-refractivity contribution is 7.99. The number of fused-ring (bicyclic) bond motifs is 1. The summed E-state index contributed by atoms with van der Waals surface area (Å²) in [5.41, 5.74) is 3.23. The molecule has 0 aliphatic rings. The molecule has 0 fully saturated rings. The number of hydrogen-bond acceptors (Lipinski definition) is 4. The Morgan fingerprint density at radius 1 is 1.12 bits per heavy atom. The first-order valence-corrected chi connectivity index (χ1v) is 9.82. The minimum absolute atomic E-state index is 0.0126. The van der Waals surface area contributed by atoms with Crippen molar-refractivity contribution in [3.63, 3.8) is 0 Å². The van der Waals surface area contributed by atoms with Crippen LogP contribution in [0.15, 0.2) is 53.8 Å². The quantitative estimate of drug-likeness (QED) is 0.643. The molecule has 0 bridgehead atoms. The number of amides is 1. The van der Waals surface area contributed by atoms with Crippen LogP contribution >= 0.6 is 11.8 Å². The van der Waals surface area contributed by atoms with Crippen LogP contribution in [0, 0.1) is 5.92 Å². The van der Waals surface area contributed by atoms with Gasteiger partial charge in [-0.25, -0.2) is 0 Å². The highest BCUT2D eigenvalue weighted by Crippen LogP contribution is 2.18. The number of hydrogen-bond donors (Lipinski definition) is 1. The lowest BCUT2D eigenvalue weighted by Crippen LogP contribution is -2.28. The van der Waals surface area contributed by atoms with Gasteiger partial charge in [-0.1, -0.05) is 55.9 Å². The number of nitrogens with zero attached hydrogens (tertiary/aromatic N) is 3. The van der Waals surface area contributed by atoms with Crippen molar-refractivity contribution in [1.82, 2.24) is 19.9 Å². The van der Waals surface area contributed by atoms with E-state index in [1.165, 1.54) is 17.3 Å². The second kappa shape index (κ2) is 8.36. The lowest BCUT2D eigenvalue weighted by molar-refractivity contribution is -0.119. The van der Waals surface area contributed by atoms with Gasteiger partial charge in [0, 0.05) is 6.20 Å². The number of carbonyl (C=O) groups is 1. The summed E-state index contributed by atoms with van der Waals surface area (Å²) in [6, 6.07) is 14.2. The molecule has 1 atom stereocenters. The Morgan fingerprint density at radius 3 is 2.62 bits per heavy atom. The molecule has 1 amide bonds. The zero-order valence-corrected chi connectivity index (χ0v) is 16.2. The third-order valence-corrected chi connectivity index (χ3v) is 5.06. The van der Waals surface area contributed by atoms with E-state index in [2.05, 4.69) is 53.6 Å². The predicted molar refractivity (Wildman–Crippen MR) is 105 cm³/mol. The first-order chi connectivity index (χ1) is 12.5. The summed E-state index contributed by atoms with van der Waals surface area (Å²) in [6.07, 6.45) is 2.97. The van der Waals surface area contributed by atoms with Crippen LogP contribution in [-0.2, 0) is 11.2 Å². The van der Waals surface area contributed by atoms with Crippen LogP contribution in [0.4, 0.5) is 0 Å². The average molecular weight is 369 g/mol. The predicted octanol–water partition coefficient (Wildman–Crippen LogP) is 3.90. The Morgan fingerprint density at radius 2 is 1.88 bits per heavy atom.